The summed E-state index contributed by atoms with van der Waals surface area (Å²) in [5, 5.41) is 9.81. The van der Waals surface area contributed by atoms with E-state index in [4.69, 9.17) is 14.1 Å². The van der Waals surface area contributed by atoms with Crippen LogP contribution in [0.3, 0.4) is 0 Å². The molecule has 0 saturated heterocycles. The topological polar surface area (TPSA) is 88.4 Å². The fraction of sp³-hybridized carbons (Fsp3) is 0.538. The minimum atomic E-state index is -0.193. The highest BCUT2D eigenvalue weighted by atomic mass is 32.1. The van der Waals surface area contributed by atoms with Crippen LogP contribution < -0.4 is 4.87 Å². The van der Waals surface area contributed by atoms with Crippen LogP contribution in [0, 0.1) is 5.92 Å². The lowest BCUT2D eigenvalue weighted by Gasteiger charge is -2.29. The van der Waals surface area contributed by atoms with Crippen LogP contribution in [0.1, 0.15) is 80.7 Å². The van der Waals surface area contributed by atoms with E-state index in [9.17, 15) is 9.90 Å². The standard InChI is InChI=1S/C26H34N2O4S/c1-4-22-21(27-25(32-22)19-11-9-18(10-12-19)16(2)3)15-31-20-7-5-6-17(14-20)8-13-23-24(29)28-26(30)33-23/h9-12,16-17,20,29H,4-8,13-15H2,1-3H3,(H,28,30). The van der Waals surface area contributed by atoms with Crippen molar-refractivity contribution in [3.63, 3.8) is 0 Å². The smallest absolute Gasteiger partial charge is 0.307 e. The second-order valence-electron chi connectivity index (χ2n) is 9.31. The van der Waals surface area contributed by atoms with Gasteiger partial charge in [-0.2, -0.15) is 0 Å². The molecule has 2 heterocycles. The molecule has 0 bridgehead atoms. The average molecular weight is 471 g/mol. The van der Waals surface area contributed by atoms with Gasteiger partial charge < -0.3 is 14.3 Å². The van der Waals surface area contributed by atoms with E-state index in [2.05, 4.69) is 50.0 Å². The lowest BCUT2D eigenvalue weighted by atomic mass is 9.84. The summed E-state index contributed by atoms with van der Waals surface area (Å²) in [7, 11) is 0. The second kappa shape index (κ2) is 10.7. The molecule has 1 aromatic carbocycles. The van der Waals surface area contributed by atoms with Crippen molar-refractivity contribution >= 4 is 11.3 Å². The third-order valence-corrected chi connectivity index (χ3v) is 7.53. The van der Waals surface area contributed by atoms with Crippen molar-refractivity contribution < 1.29 is 14.3 Å². The predicted molar refractivity (Wildman–Crippen MR) is 131 cm³/mol. The summed E-state index contributed by atoms with van der Waals surface area (Å²) < 4.78 is 12.4. The van der Waals surface area contributed by atoms with Crippen LogP contribution in [-0.4, -0.2) is 21.2 Å². The van der Waals surface area contributed by atoms with Crippen molar-refractivity contribution in [1.29, 1.82) is 0 Å². The molecule has 7 heteroatoms. The molecule has 2 N–H and O–H groups in total. The lowest BCUT2D eigenvalue weighted by molar-refractivity contribution is -0.000589. The van der Waals surface area contributed by atoms with Crippen molar-refractivity contribution in [2.45, 2.75) is 84.3 Å². The van der Waals surface area contributed by atoms with Crippen molar-refractivity contribution in [3.8, 4) is 17.3 Å². The van der Waals surface area contributed by atoms with Crippen LogP contribution in [0.2, 0.25) is 0 Å². The summed E-state index contributed by atoms with van der Waals surface area (Å²) >= 11 is 1.11. The normalized spacial score (nSPS) is 18.8. The zero-order valence-corrected chi connectivity index (χ0v) is 20.5. The molecule has 2 unspecified atom stereocenters. The van der Waals surface area contributed by atoms with Gasteiger partial charge in [0.25, 0.3) is 0 Å². The molecule has 0 spiro atoms. The molecular weight excluding hydrogens is 436 g/mol. The number of H-pyrrole nitrogens is 1. The summed E-state index contributed by atoms with van der Waals surface area (Å²) in [6.45, 7) is 6.92. The Morgan fingerprint density at radius 1 is 1.27 bits per heavy atom. The zero-order chi connectivity index (χ0) is 23.4. The van der Waals surface area contributed by atoms with E-state index >= 15 is 0 Å². The van der Waals surface area contributed by atoms with E-state index in [1.165, 1.54) is 12.0 Å². The third kappa shape index (κ3) is 5.95. The van der Waals surface area contributed by atoms with E-state index in [-0.39, 0.29) is 16.9 Å². The SMILES string of the molecule is CCc1oc(-c2ccc(C(C)C)cc2)nc1COC1CCCC(CCc2sc(=O)[nH]c2O)C1. The summed E-state index contributed by atoms with van der Waals surface area (Å²) in [5.74, 6) is 2.62. The van der Waals surface area contributed by atoms with E-state index in [1.807, 2.05) is 0 Å². The van der Waals surface area contributed by atoms with Gasteiger partial charge in [-0.25, -0.2) is 4.98 Å². The van der Waals surface area contributed by atoms with Gasteiger partial charge >= 0.3 is 4.87 Å². The van der Waals surface area contributed by atoms with E-state index in [0.717, 1.165) is 71.8 Å². The average Bonchev–Trinajstić information content (AvgIpc) is 3.38. The number of nitrogens with one attached hydrogen (secondary N) is 1. The highest BCUT2D eigenvalue weighted by Crippen LogP contribution is 2.32. The largest absolute Gasteiger partial charge is 0.494 e. The highest BCUT2D eigenvalue weighted by molar-refractivity contribution is 7.09. The Morgan fingerprint density at radius 2 is 2.06 bits per heavy atom. The van der Waals surface area contributed by atoms with Crippen LogP contribution in [-0.2, 0) is 24.2 Å². The zero-order valence-electron chi connectivity index (χ0n) is 19.7. The Hall–Kier alpha value is -2.38. The van der Waals surface area contributed by atoms with E-state index in [1.54, 1.807) is 0 Å². The van der Waals surface area contributed by atoms with Gasteiger partial charge in [0.15, 0.2) is 0 Å². The minimum absolute atomic E-state index is 0.0291. The summed E-state index contributed by atoms with van der Waals surface area (Å²) in [4.78, 5) is 19.2. The number of aromatic nitrogens is 2. The number of hydrogen-bond donors (Lipinski definition) is 2. The Kier molecular flexibility index (Phi) is 7.71. The Bertz CT molecular complexity index is 1100. The number of aromatic amines is 1. The molecule has 6 nitrogen and oxygen atoms in total. The molecular formula is C26H34N2O4S. The van der Waals surface area contributed by atoms with Crippen LogP contribution in [0.5, 0.6) is 5.88 Å². The first-order chi connectivity index (χ1) is 15.9. The van der Waals surface area contributed by atoms with Crippen LogP contribution in [0.4, 0.5) is 0 Å². The van der Waals surface area contributed by atoms with Gasteiger partial charge in [-0.15, -0.1) is 0 Å². The maximum atomic E-state index is 11.4. The molecule has 2 aromatic heterocycles. The number of ether oxygens (including phenoxy) is 1. The van der Waals surface area contributed by atoms with Gasteiger partial charge in [0, 0.05) is 12.0 Å². The molecule has 1 aliphatic carbocycles. The highest BCUT2D eigenvalue weighted by Gasteiger charge is 2.24. The van der Waals surface area contributed by atoms with Crippen molar-refractivity contribution in [2.75, 3.05) is 0 Å². The summed E-state index contributed by atoms with van der Waals surface area (Å²) in [6.07, 6.45) is 7.05. The fourth-order valence-corrected chi connectivity index (χ4v) is 5.35. The molecule has 0 radical (unpaired) electrons. The maximum absolute atomic E-state index is 11.4. The van der Waals surface area contributed by atoms with Gasteiger partial charge in [0.2, 0.25) is 11.8 Å². The monoisotopic (exact) mass is 470 g/mol. The number of oxazole rings is 1. The fourth-order valence-electron chi connectivity index (χ4n) is 4.62. The lowest BCUT2D eigenvalue weighted by Crippen LogP contribution is -2.23. The molecule has 4 rings (SSSR count). The molecule has 0 amide bonds. The van der Waals surface area contributed by atoms with Crippen molar-refractivity contribution in [1.82, 2.24) is 9.97 Å². The van der Waals surface area contributed by atoms with Crippen molar-refractivity contribution in [3.05, 3.63) is 55.8 Å². The maximum Gasteiger partial charge on any atom is 0.307 e. The molecule has 1 aliphatic rings. The molecule has 3 aromatic rings. The molecule has 1 fully saturated rings. The third-order valence-electron chi connectivity index (χ3n) is 6.59. The van der Waals surface area contributed by atoms with Gasteiger partial charge in [0.1, 0.15) is 11.5 Å². The second-order valence-corrected chi connectivity index (χ2v) is 10.4. The molecule has 0 aliphatic heterocycles. The number of rotatable bonds is 9. The Balaban J connectivity index is 1.34. The van der Waals surface area contributed by atoms with Crippen molar-refractivity contribution in [2.24, 2.45) is 5.92 Å². The quantitative estimate of drug-likeness (QED) is 0.389. The minimum Gasteiger partial charge on any atom is -0.494 e. The van der Waals surface area contributed by atoms with Gasteiger partial charge in [-0.1, -0.05) is 57.1 Å². The number of benzene rings is 1. The van der Waals surface area contributed by atoms with E-state index < -0.39 is 0 Å². The van der Waals surface area contributed by atoms with Crippen LogP contribution in [0.15, 0.2) is 33.5 Å². The molecule has 178 valence electrons. The van der Waals surface area contributed by atoms with Crippen LogP contribution in [0.25, 0.3) is 11.5 Å². The number of aryl methyl sites for hydroxylation is 2. The molecule has 1 saturated carbocycles. The predicted octanol–water partition coefficient (Wildman–Crippen LogP) is 6.19. The van der Waals surface area contributed by atoms with Gasteiger partial charge in [-0.05, 0) is 55.2 Å². The van der Waals surface area contributed by atoms with Gasteiger partial charge in [0.05, 0.1) is 17.6 Å². The first-order valence-corrected chi connectivity index (χ1v) is 12.9. The number of nitrogens with zero attached hydrogens (tertiary/aromatic N) is 1. The first kappa shape index (κ1) is 23.8. The molecule has 2 atom stereocenters. The van der Waals surface area contributed by atoms with Gasteiger partial charge in [-0.3, -0.25) is 9.78 Å². The molecule has 33 heavy (non-hydrogen) atoms. The first-order valence-electron chi connectivity index (χ1n) is 12.0. The number of hydrogen-bond acceptors (Lipinski definition) is 6. The number of aromatic hydroxyl groups is 1. The van der Waals surface area contributed by atoms with Crippen LogP contribution >= 0.6 is 11.3 Å². The summed E-state index contributed by atoms with van der Waals surface area (Å²) in [6, 6.07) is 8.44. The Labute approximate surface area is 199 Å². The Morgan fingerprint density at radius 3 is 2.73 bits per heavy atom. The number of thiazole rings is 1. The van der Waals surface area contributed by atoms with E-state index in [0.29, 0.717) is 24.3 Å². The summed E-state index contributed by atoms with van der Waals surface area (Å²) in [5.41, 5.74) is 3.19.